The summed E-state index contributed by atoms with van der Waals surface area (Å²) in [7, 11) is 0. The lowest BCUT2D eigenvalue weighted by Crippen LogP contribution is -2.57. The predicted molar refractivity (Wildman–Crippen MR) is 51.0 cm³/mol. The smallest absolute Gasteiger partial charge is 0.199 e. The Balaban J connectivity index is 3.12. The normalized spacial score (nSPS) is 30.8. The number of hydrogen-bond acceptors (Lipinski definition) is 0. The second kappa shape index (κ2) is 4.56. The third kappa shape index (κ3) is 2.20. The summed E-state index contributed by atoms with van der Waals surface area (Å²) in [5.41, 5.74) is 0. The van der Waals surface area contributed by atoms with Crippen LogP contribution in [0.15, 0.2) is 0 Å². The van der Waals surface area contributed by atoms with Crippen LogP contribution in [0.2, 0.25) is 0 Å². The molecule has 0 aromatic rings. The number of alkyl halides is 7. The lowest BCUT2D eigenvalue weighted by Gasteiger charge is -2.36. The fraction of sp³-hybridized carbons (Fsp3) is 0.818. The summed E-state index contributed by atoms with van der Waals surface area (Å²) < 4.78 is 89.3. The molecule has 7 heteroatoms. The molecule has 0 aromatic carbocycles. The SMILES string of the molecule is [CH2]CC1C[CH]C(C)C1C(F)(F)C(F)(F)C(F)(F)F. The van der Waals surface area contributed by atoms with Gasteiger partial charge in [-0.2, -0.15) is 30.7 Å². The second-order valence-corrected chi connectivity index (χ2v) is 4.60. The van der Waals surface area contributed by atoms with Gasteiger partial charge in [-0.25, -0.2) is 0 Å². The maximum atomic E-state index is 13.6. The second-order valence-electron chi connectivity index (χ2n) is 4.60. The third-order valence-electron chi connectivity index (χ3n) is 3.45. The zero-order valence-corrected chi connectivity index (χ0v) is 9.58. The van der Waals surface area contributed by atoms with Gasteiger partial charge in [-0.15, -0.1) is 0 Å². The molecule has 1 saturated carbocycles. The van der Waals surface area contributed by atoms with Gasteiger partial charge in [0, 0.05) is 5.92 Å². The first-order chi connectivity index (χ1) is 7.96. The Hall–Kier alpha value is -0.490. The molecular formula is C11H13F7. The summed E-state index contributed by atoms with van der Waals surface area (Å²) >= 11 is 0. The Morgan fingerprint density at radius 2 is 1.61 bits per heavy atom. The van der Waals surface area contributed by atoms with Crippen molar-refractivity contribution < 1.29 is 30.7 Å². The quantitative estimate of drug-likeness (QED) is 0.666. The van der Waals surface area contributed by atoms with Gasteiger partial charge in [-0.3, -0.25) is 0 Å². The summed E-state index contributed by atoms with van der Waals surface area (Å²) in [5, 5.41) is 0. The van der Waals surface area contributed by atoms with E-state index in [9.17, 15) is 30.7 Å². The Morgan fingerprint density at radius 1 is 1.11 bits per heavy atom. The maximum absolute atomic E-state index is 13.6. The van der Waals surface area contributed by atoms with Crippen molar-refractivity contribution in [1.82, 2.24) is 0 Å². The summed E-state index contributed by atoms with van der Waals surface area (Å²) in [4.78, 5) is 0. The molecule has 0 bridgehead atoms. The molecule has 0 amide bonds. The molecule has 2 radical (unpaired) electrons. The first-order valence-corrected chi connectivity index (χ1v) is 5.41. The van der Waals surface area contributed by atoms with E-state index in [0.717, 1.165) is 0 Å². The van der Waals surface area contributed by atoms with Gasteiger partial charge in [0.1, 0.15) is 0 Å². The van der Waals surface area contributed by atoms with Gasteiger partial charge in [0.05, 0.1) is 0 Å². The molecule has 3 unspecified atom stereocenters. The van der Waals surface area contributed by atoms with E-state index in [4.69, 9.17) is 0 Å². The van der Waals surface area contributed by atoms with E-state index in [-0.39, 0.29) is 12.8 Å². The average molecular weight is 278 g/mol. The largest absolute Gasteiger partial charge is 0.459 e. The molecule has 0 nitrogen and oxygen atoms in total. The summed E-state index contributed by atoms with van der Waals surface area (Å²) in [6, 6.07) is 0. The first kappa shape index (κ1) is 15.6. The van der Waals surface area contributed by atoms with Crippen molar-refractivity contribution in [3.8, 4) is 0 Å². The van der Waals surface area contributed by atoms with Crippen LogP contribution < -0.4 is 0 Å². The predicted octanol–water partition coefficient (Wildman–Crippen LogP) is 4.52. The molecule has 0 N–H and O–H groups in total. The molecular weight excluding hydrogens is 265 g/mol. The van der Waals surface area contributed by atoms with Crippen molar-refractivity contribution in [2.24, 2.45) is 17.8 Å². The minimum Gasteiger partial charge on any atom is -0.199 e. The van der Waals surface area contributed by atoms with Crippen LogP contribution in [-0.4, -0.2) is 18.0 Å². The van der Waals surface area contributed by atoms with E-state index >= 15 is 0 Å². The molecule has 1 aliphatic carbocycles. The monoisotopic (exact) mass is 278 g/mol. The highest BCUT2D eigenvalue weighted by Crippen LogP contribution is 2.56. The summed E-state index contributed by atoms with van der Waals surface area (Å²) in [6.07, 6.45) is -4.93. The molecule has 0 aliphatic heterocycles. The molecule has 3 atom stereocenters. The third-order valence-corrected chi connectivity index (χ3v) is 3.45. The lowest BCUT2D eigenvalue weighted by molar-refractivity contribution is -0.370. The fourth-order valence-corrected chi connectivity index (χ4v) is 2.43. The van der Waals surface area contributed by atoms with Gasteiger partial charge in [0.2, 0.25) is 0 Å². The van der Waals surface area contributed by atoms with Crippen molar-refractivity contribution in [1.29, 1.82) is 0 Å². The highest BCUT2D eigenvalue weighted by atomic mass is 19.4. The Bertz CT molecular complexity index is 294. The molecule has 18 heavy (non-hydrogen) atoms. The molecule has 0 spiro atoms. The molecule has 1 fully saturated rings. The Labute approximate surface area is 101 Å². The van der Waals surface area contributed by atoms with Gasteiger partial charge >= 0.3 is 18.0 Å². The van der Waals surface area contributed by atoms with E-state index in [2.05, 4.69) is 6.92 Å². The van der Waals surface area contributed by atoms with E-state index in [1.165, 1.54) is 13.3 Å². The maximum Gasteiger partial charge on any atom is 0.459 e. The average Bonchev–Trinajstić information content (AvgIpc) is 2.57. The van der Waals surface area contributed by atoms with Gasteiger partial charge in [0.25, 0.3) is 0 Å². The van der Waals surface area contributed by atoms with Gasteiger partial charge in [-0.05, 0) is 31.1 Å². The Morgan fingerprint density at radius 3 is 2.00 bits per heavy atom. The van der Waals surface area contributed by atoms with Crippen molar-refractivity contribution in [2.45, 2.75) is 37.8 Å². The van der Waals surface area contributed by atoms with Crippen LogP contribution in [0.1, 0.15) is 19.8 Å². The van der Waals surface area contributed by atoms with E-state index in [1.807, 2.05) is 0 Å². The number of rotatable bonds is 3. The molecule has 1 rings (SSSR count). The highest BCUT2D eigenvalue weighted by molar-refractivity contribution is 5.06. The minimum absolute atomic E-state index is 0.0822. The van der Waals surface area contributed by atoms with Crippen LogP contribution in [0.5, 0.6) is 0 Å². The summed E-state index contributed by atoms with van der Waals surface area (Å²) in [6.45, 7) is 4.55. The van der Waals surface area contributed by atoms with Crippen molar-refractivity contribution >= 4 is 0 Å². The van der Waals surface area contributed by atoms with Crippen molar-refractivity contribution in [3.63, 3.8) is 0 Å². The van der Waals surface area contributed by atoms with Crippen LogP contribution >= 0.6 is 0 Å². The molecule has 0 aromatic heterocycles. The van der Waals surface area contributed by atoms with E-state index < -0.39 is 35.8 Å². The molecule has 0 saturated heterocycles. The highest BCUT2D eigenvalue weighted by Gasteiger charge is 2.76. The number of hydrogen-bond donors (Lipinski definition) is 0. The zero-order chi connectivity index (χ0) is 14.4. The van der Waals surface area contributed by atoms with Gasteiger partial charge < -0.3 is 0 Å². The van der Waals surface area contributed by atoms with E-state index in [0.29, 0.717) is 0 Å². The standard InChI is InChI=1S/C11H13F7/c1-3-7-5-4-6(2)8(7)9(12,13)10(14,15)11(16,17)18/h4,6-8H,1,3,5H2,2H3. The van der Waals surface area contributed by atoms with Crippen LogP contribution in [0.4, 0.5) is 30.7 Å². The molecule has 1 aliphatic rings. The summed E-state index contributed by atoms with van der Waals surface area (Å²) in [5.74, 6) is -15.1. The van der Waals surface area contributed by atoms with Gasteiger partial charge in [0.15, 0.2) is 0 Å². The topological polar surface area (TPSA) is 0 Å². The zero-order valence-electron chi connectivity index (χ0n) is 9.58. The van der Waals surface area contributed by atoms with E-state index in [1.54, 1.807) is 0 Å². The van der Waals surface area contributed by atoms with Crippen LogP contribution in [0.25, 0.3) is 0 Å². The molecule has 0 heterocycles. The Kier molecular flexibility index (Phi) is 3.94. The minimum atomic E-state index is -6.26. The van der Waals surface area contributed by atoms with Crippen LogP contribution in [-0.2, 0) is 0 Å². The van der Waals surface area contributed by atoms with Crippen LogP contribution in [0.3, 0.4) is 0 Å². The number of halogens is 7. The van der Waals surface area contributed by atoms with Crippen molar-refractivity contribution in [3.05, 3.63) is 13.3 Å². The first-order valence-electron chi connectivity index (χ1n) is 5.41. The molecule has 106 valence electrons. The van der Waals surface area contributed by atoms with Crippen LogP contribution in [0, 0.1) is 31.1 Å². The van der Waals surface area contributed by atoms with Gasteiger partial charge in [-0.1, -0.05) is 13.8 Å². The lowest BCUT2D eigenvalue weighted by atomic mass is 9.80. The van der Waals surface area contributed by atoms with Crippen molar-refractivity contribution in [2.75, 3.05) is 0 Å². The fourth-order valence-electron chi connectivity index (χ4n) is 2.43.